The predicted octanol–water partition coefficient (Wildman–Crippen LogP) is 2.26. The van der Waals surface area contributed by atoms with Gasteiger partial charge in [0.2, 0.25) is 0 Å². The van der Waals surface area contributed by atoms with Crippen molar-refractivity contribution in [2.45, 2.75) is 51.5 Å². The van der Waals surface area contributed by atoms with E-state index in [1.165, 1.54) is 19.3 Å². The third-order valence-electron chi connectivity index (χ3n) is 5.89. The Balaban J connectivity index is 1.48. The maximum Gasteiger partial charge on any atom is 0.0979 e. The number of hydrogen-bond acceptors (Lipinski definition) is 4. The van der Waals surface area contributed by atoms with Crippen molar-refractivity contribution in [1.82, 2.24) is 14.7 Å². The standard InChI is InChI=1S/C18H32N6/c1-14-21-12-16(22(14)2)11-18(20)24-9-5-6-15(13-24)10-17(19)23-7-3-4-8-23/h15-16,19-20H,3-13H2,1-2H3. The number of piperidine rings is 1. The van der Waals surface area contributed by atoms with Gasteiger partial charge in [0.1, 0.15) is 0 Å². The van der Waals surface area contributed by atoms with Crippen molar-refractivity contribution < 1.29 is 0 Å². The molecule has 0 radical (unpaired) electrons. The average Bonchev–Trinajstić information content (AvgIpc) is 3.21. The fourth-order valence-corrected chi connectivity index (χ4v) is 4.16. The third-order valence-corrected chi connectivity index (χ3v) is 5.89. The highest BCUT2D eigenvalue weighted by Crippen LogP contribution is 2.23. The molecule has 0 aromatic heterocycles. The molecule has 0 aliphatic carbocycles. The first-order chi connectivity index (χ1) is 11.5. The zero-order valence-electron chi connectivity index (χ0n) is 15.2. The summed E-state index contributed by atoms with van der Waals surface area (Å²) in [6.45, 7) is 6.96. The molecule has 24 heavy (non-hydrogen) atoms. The van der Waals surface area contributed by atoms with Gasteiger partial charge in [-0.3, -0.25) is 15.8 Å². The monoisotopic (exact) mass is 332 g/mol. The van der Waals surface area contributed by atoms with Crippen molar-refractivity contribution >= 4 is 17.5 Å². The molecule has 6 nitrogen and oxygen atoms in total. The summed E-state index contributed by atoms with van der Waals surface area (Å²) in [6, 6.07) is 0.348. The summed E-state index contributed by atoms with van der Waals surface area (Å²) in [6.07, 6.45) is 6.49. The van der Waals surface area contributed by atoms with Crippen LogP contribution in [0.2, 0.25) is 0 Å². The lowest BCUT2D eigenvalue weighted by atomic mass is 9.93. The number of aliphatic imine (C=N–C) groups is 1. The molecule has 0 amide bonds. The molecule has 0 spiro atoms. The molecule has 2 saturated heterocycles. The second-order valence-electron chi connectivity index (χ2n) is 7.60. The zero-order chi connectivity index (χ0) is 17.1. The Hall–Kier alpha value is -1.59. The van der Waals surface area contributed by atoms with Crippen LogP contribution in [-0.2, 0) is 0 Å². The van der Waals surface area contributed by atoms with Crippen LogP contribution < -0.4 is 0 Å². The predicted molar refractivity (Wildman–Crippen MR) is 99.3 cm³/mol. The van der Waals surface area contributed by atoms with E-state index in [0.717, 1.165) is 69.5 Å². The zero-order valence-corrected chi connectivity index (χ0v) is 15.2. The Morgan fingerprint density at radius 3 is 2.38 bits per heavy atom. The van der Waals surface area contributed by atoms with Crippen molar-refractivity contribution in [3.05, 3.63) is 0 Å². The molecule has 2 atom stereocenters. The first-order valence-corrected chi connectivity index (χ1v) is 9.43. The minimum atomic E-state index is 0.348. The molecule has 0 bridgehead atoms. The number of nitrogens with zero attached hydrogens (tertiary/aromatic N) is 4. The molecule has 3 rings (SSSR count). The van der Waals surface area contributed by atoms with E-state index in [0.29, 0.717) is 12.0 Å². The molecule has 2 unspecified atom stereocenters. The van der Waals surface area contributed by atoms with Crippen LogP contribution in [0.5, 0.6) is 0 Å². The molecular formula is C18H32N6. The summed E-state index contributed by atoms with van der Waals surface area (Å²) in [5.74, 6) is 3.20. The second-order valence-corrected chi connectivity index (χ2v) is 7.60. The van der Waals surface area contributed by atoms with Gasteiger partial charge in [0.05, 0.1) is 30.1 Å². The number of likely N-dealkylation sites (tertiary alicyclic amines) is 2. The first kappa shape index (κ1) is 17.2. The van der Waals surface area contributed by atoms with Crippen molar-refractivity contribution in [2.75, 3.05) is 39.8 Å². The van der Waals surface area contributed by atoms with Gasteiger partial charge in [-0.25, -0.2) is 0 Å². The van der Waals surface area contributed by atoms with Crippen LogP contribution >= 0.6 is 0 Å². The molecule has 0 aromatic rings. The number of hydrogen-bond donors (Lipinski definition) is 2. The molecule has 6 heteroatoms. The van der Waals surface area contributed by atoms with Gasteiger partial charge in [-0.15, -0.1) is 0 Å². The smallest absolute Gasteiger partial charge is 0.0979 e. The molecule has 3 aliphatic heterocycles. The maximum absolute atomic E-state index is 8.53. The number of rotatable bonds is 4. The highest BCUT2D eigenvalue weighted by Gasteiger charge is 2.28. The lowest BCUT2D eigenvalue weighted by molar-refractivity contribution is 0.249. The normalized spacial score (nSPS) is 27.6. The van der Waals surface area contributed by atoms with Crippen LogP contribution in [0.1, 0.15) is 45.4 Å². The van der Waals surface area contributed by atoms with Crippen molar-refractivity contribution in [2.24, 2.45) is 10.9 Å². The summed E-state index contributed by atoms with van der Waals surface area (Å²) >= 11 is 0. The topological polar surface area (TPSA) is 69.8 Å². The summed E-state index contributed by atoms with van der Waals surface area (Å²) in [7, 11) is 2.08. The number of amidine groups is 3. The van der Waals surface area contributed by atoms with Crippen LogP contribution in [-0.4, -0.2) is 78.0 Å². The van der Waals surface area contributed by atoms with Gasteiger partial charge in [0.25, 0.3) is 0 Å². The van der Waals surface area contributed by atoms with Gasteiger partial charge < -0.3 is 14.7 Å². The minimum absolute atomic E-state index is 0.348. The summed E-state index contributed by atoms with van der Waals surface area (Å²) in [4.78, 5) is 11.2. The quantitative estimate of drug-likeness (QED) is 0.613. The van der Waals surface area contributed by atoms with Crippen LogP contribution in [0.25, 0.3) is 0 Å². The van der Waals surface area contributed by atoms with E-state index in [4.69, 9.17) is 10.8 Å². The number of likely N-dealkylation sites (N-methyl/N-ethyl adjacent to an activating group) is 1. The fraction of sp³-hybridized carbons (Fsp3) is 0.833. The largest absolute Gasteiger partial charge is 0.361 e. The molecule has 2 N–H and O–H groups in total. The molecule has 3 heterocycles. The Morgan fingerprint density at radius 2 is 1.71 bits per heavy atom. The maximum atomic E-state index is 8.53. The van der Waals surface area contributed by atoms with Gasteiger partial charge in [-0.1, -0.05) is 0 Å². The first-order valence-electron chi connectivity index (χ1n) is 9.43. The highest BCUT2D eigenvalue weighted by atomic mass is 15.3. The van der Waals surface area contributed by atoms with E-state index in [-0.39, 0.29) is 0 Å². The van der Waals surface area contributed by atoms with Gasteiger partial charge in [-0.05, 0) is 38.5 Å². The fourth-order valence-electron chi connectivity index (χ4n) is 4.16. The second kappa shape index (κ2) is 7.53. The van der Waals surface area contributed by atoms with Crippen LogP contribution in [0.15, 0.2) is 4.99 Å². The third kappa shape index (κ3) is 3.90. The van der Waals surface area contributed by atoms with Gasteiger partial charge >= 0.3 is 0 Å². The molecule has 134 valence electrons. The Labute approximate surface area is 145 Å². The van der Waals surface area contributed by atoms with E-state index in [1.54, 1.807) is 0 Å². The molecule has 2 fully saturated rings. The molecular weight excluding hydrogens is 300 g/mol. The molecule has 0 saturated carbocycles. The lowest BCUT2D eigenvalue weighted by Gasteiger charge is -2.36. The Kier molecular flexibility index (Phi) is 5.41. The van der Waals surface area contributed by atoms with Gasteiger partial charge in [0, 0.05) is 46.1 Å². The van der Waals surface area contributed by atoms with E-state index < -0.39 is 0 Å². The molecule has 3 aliphatic rings. The molecule has 0 aromatic carbocycles. The van der Waals surface area contributed by atoms with Gasteiger partial charge in [-0.2, -0.15) is 0 Å². The Morgan fingerprint density at radius 1 is 1.04 bits per heavy atom. The van der Waals surface area contributed by atoms with Crippen molar-refractivity contribution in [3.8, 4) is 0 Å². The minimum Gasteiger partial charge on any atom is -0.361 e. The highest BCUT2D eigenvalue weighted by molar-refractivity contribution is 5.84. The van der Waals surface area contributed by atoms with Crippen LogP contribution in [0, 0.1) is 16.7 Å². The summed E-state index contributed by atoms with van der Waals surface area (Å²) in [5.41, 5.74) is 0. The summed E-state index contributed by atoms with van der Waals surface area (Å²) in [5, 5.41) is 16.9. The average molecular weight is 332 g/mol. The van der Waals surface area contributed by atoms with Gasteiger partial charge in [0.15, 0.2) is 0 Å². The van der Waals surface area contributed by atoms with Crippen LogP contribution in [0.3, 0.4) is 0 Å². The van der Waals surface area contributed by atoms with E-state index in [1.807, 2.05) is 6.92 Å². The van der Waals surface area contributed by atoms with Crippen molar-refractivity contribution in [3.63, 3.8) is 0 Å². The van der Waals surface area contributed by atoms with Crippen molar-refractivity contribution in [1.29, 1.82) is 10.8 Å². The SMILES string of the molecule is CC1=NCC(CC(=N)N2CCCC(CC(=N)N3CCCC3)C2)N1C. The van der Waals surface area contributed by atoms with E-state index in [2.05, 4.69) is 26.7 Å². The lowest BCUT2D eigenvalue weighted by Crippen LogP contribution is -2.44. The Bertz CT molecular complexity index is 508. The van der Waals surface area contributed by atoms with E-state index >= 15 is 0 Å². The van der Waals surface area contributed by atoms with E-state index in [9.17, 15) is 0 Å². The van der Waals surface area contributed by atoms with Crippen LogP contribution in [0.4, 0.5) is 0 Å². The summed E-state index contributed by atoms with van der Waals surface area (Å²) < 4.78 is 0. The number of nitrogens with one attached hydrogen (secondary N) is 2.